The molecule has 0 aromatic heterocycles. The Morgan fingerprint density at radius 3 is 2.06 bits per heavy atom. The zero-order valence-corrected chi connectivity index (χ0v) is 12.2. The molecule has 0 heterocycles. The molecule has 0 fully saturated rings. The van der Waals surface area contributed by atoms with E-state index in [0.29, 0.717) is 6.42 Å². The van der Waals surface area contributed by atoms with Crippen molar-refractivity contribution in [2.75, 3.05) is 7.11 Å². The Bertz CT molecular complexity index is 209. The van der Waals surface area contributed by atoms with Crippen molar-refractivity contribution in [3.05, 3.63) is 12.2 Å². The summed E-state index contributed by atoms with van der Waals surface area (Å²) >= 11 is 0. The second-order valence-electron chi connectivity index (χ2n) is 4.85. The van der Waals surface area contributed by atoms with Gasteiger partial charge in [-0.25, -0.2) is 0 Å². The largest absolute Gasteiger partial charge is 0.469 e. The Balaban J connectivity index is 3.11. The van der Waals surface area contributed by atoms with E-state index >= 15 is 0 Å². The number of carbonyl (C=O) groups is 1. The van der Waals surface area contributed by atoms with Crippen LogP contribution in [-0.2, 0) is 9.53 Å². The lowest BCUT2D eigenvalue weighted by atomic mass is 10.1. The summed E-state index contributed by atoms with van der Waals surface area (Å²) in [6.45, 7) is 2.25. The van der Waals surface area contributed by atoms with Gasteiger partial charge in [0, 0.05) is 6.42 Å². The van der Waals surface area contributed by atoms with Crippen LogP contribution in [0.4, 0.5) is 0 Å². The van der Waals surface area contributed by atoms with Crippen LogP contribution in [0, 0.1) is 0 Å². The summed E-state index contributed by atoms with van der Waals surface area (Å²) in [6, 6.07) is 0. The molecule has 0 rings (SSSR count). The van der Waals surface area contributed by atoms with Gasteiger partial charge >= 0.3 is 5.97 Å². The molecule has 0 aliphatic rings. The van der Waals surface area contributed by atoms with Gasteiger partial charge in [0.2, 0.25) is 0 Å². The number of esters is 1. The van der Waals surface area contributed by atoms with Gasteiger partial charge in [-0.1, -0.05) is 51.2 Å². The molecule has 0 unspecified atom stereocenters. The highest BCUT2D eigenvalue weighted by atomic mass is 16.5. The van der Waals surface area contributed by atoms with E-state index in [0.717, 1.165) is 19.3 Å². The van der Waals surface area contributed by atoms with E-state index in [2.05, 4.69) is 23.8 Å². The van der Waals surface area contributed by atoms with Crippen molar-refractivity contribution in [3.63, 3.8) is 0 Å². The normalized spacial score (nSPS) is 11.0. The summed E-state index contributed by atoms with van der Waals surface area (Å²) in [5, 5.41) is 0. The topological polar surface area (TPSA) is 26.3 Å². The molecule has 18 heavy (non-hydrogen) atoms. The van der Waals surface area contributed by atoms with Crippen molar-refractivity contribution in [3.8, 4) is 0 Å². The standard InChI is InChI=1S/C16H30O2/c1-3-4-5-6-7-8-9-10-11-12-13-14-15-16(17)18-2/h10-11H,3-9,12-15H2,1-2H3/b11-10-. The Morgan fingerprint density at radius 1 is 0.889 bits per heavy atom. The van der Waals surface area contributed by atoms with Crippen LogP contribution in [0.25, 0.3) is 0 Å². The highest BCUT2D eigenvalue weighted by Crippen LogP contribution is 2.08. The summed E-state index contributed by atoms with van der Waals surface area (Å²) < 4.78 is 4.59. The van der Waals surface area contributed by atoms with Crippen molar-refractivity contribution in [1.29, 1.82) is 0 Å². The second kappa shape index (κ2) is 14.3. The molecule has 0 aliphatic carbocycles. The highest BCUT2D eigenvalue weighted by molar-refractivity contribution is 5.68. The minimum atomic E-state index is -0.0916. The maximum Gasteiger partial charge on any atom is 0.305 e. The Morgan fingerprint density at radius 2 is 1.44 bits per heavy atom. The van der Waals surface area contributed by atoms with Gasteiger partial charge in [-0.2, -0.15) is 0 Å². The monoisotopic (exact) mass is 254 g/mol. The zero-order chi connectivity index (χ0) is 13.5. The van der Waals surface area contributed by atoms with Crippen molar-refractivity contribution in [2.45, 2.75) is 77.6 Å². The summed E-state index contributed by atoms with van der Waals surface area (Å²) in [7, 11) is 1.45. The molecule has 0 spiro atoms. The number of allylic oxidation sites excluding steroid dienone is 2. The fourth-order valence-electron chi connectivity index (χ4n) is 1.91. The smallest absolute Gasteiger partial charge is 0.305 e. The zero-order valence-electron chi connectivity index (χ0n) is 12.2. The average Bonchev–Trinajstić information content (AvgIpc) is 2.39. The molecule has 2 heteroatoms. The SMILES string of the molecule is CCCCCCCC/C=C\CCCCC(=O)OC. The number of unbranched alkanes of at least 4 members (excludes halogenated alkanes) is 8. The molecule has 0 aliphatic heterocycles. The van der Waals surface area contributed by atoms with Crippen LogP contribution < -0.4 is 0 Å². The molecule has 0 atom stereocenters. The van der Waals surface area contributed by atoms with E-state index in [1.807, 2.05) is 0 Å². The maximum absolute atomic E-state index is 10.9. The molecule has 0 saturated carbocycles. The third kappa shape index (κ3) is 13.3. The van der Waals surface area contributed by atoms with Crippen LogP contribution in [0.5, 0.6) is 0 Å². The summed E-state index contributed by atoms with van der Waals surface area (Å²) in [5.74, 6) is -0.0916. The van der Waals surface area contributed by atoms with Crippen LogP contribution in [-0.4, -0.2) is 13.1 Å². The Hall–Kier alpha value is -0.790. The van der Waals surface area contributed by atoms with Gasteiger partial charge < -0.3 is 4.74 Å². The van der Waals surface area contributed by atoms with Crippen molar-refractivity contribution in [2.24, 2.45) is 0 Å². The molecular weight excluding hydrogens is 224 g/mol. The van der Waals surface area contributed by atoms with Crippen LogP contribution in [0.1, 0.15) is 77.6 Å². The summed E-state index contributed by atoms with van der Waals surface area (Å²) in [4.78, 5) is 10.9. The van der Waals surface area contributed by atoms with Gasteiger partial charge in [0.15, 0.2) is 0 Å². The molecule has 0 radical (unpaired) electrons. The van der Waals surface area contributed by atoms with Crippen LogP contribution in [0.2, 0.25) is 0 Å². The number of rotatable bonds is 12. The van der Waals surface area contributed by atoms with Crippen molar-refractivity contribution >= 4 is 5.97 Å². The first-order valence-corrected chi connectivity index (χ1v) is 7.53. The van der Waals surface area contributed by atoms with Crippen molar-refractivity contribution < 1.29 is 9.53 Å². The molecule has 2 nitrogen and oxygen atoms in total. The van der Waals surface area contributed by atoms with Gasteiger partial charge in [0.05, 0.1) is 7.11 Å². The van der Waals surface area contributed by atoms with Crippen LogP contribution in [0.15, 0.2) is 12.2 Å². The number of methoxy groups -OCH3 is 1. The fraction of sp³-hybridized carbons (Fsp3) is 0.812. The molecule has 0 amide bonds. The summed E-state index contributed by atoms with van der Waals surface area (Å²) in [6.07, 6.45) is 17.6. The molecule has 0 saturated heterocycles. The molecule has 0 aromatic carbocycles. The van der Waals surface area contributed by atoms with E-state index in [1.54, 1.807) is 0 Å². The third-order valence-corrected chi connectivity index (χ3v) is 3.12. The quantitative estimate of drug-likeness (QED) is 0.277. The molecule has 0 N–H and O–H groups in total. The highest BCUT2D eigenvalue weighted by Gasteiger charge is 1.97. The number of hydrogen-bond acceptors (Lipinski definition) is 2. The predicted molar refractivity (Wildman–Crippen MR) is 77.6 cm³/mol. The number of ether oxygens (including phenoxy) is 1. The van der Waals surface area contributed by atoms with Crippen LogP contribution >= 0.6 is 0 Å². The van der Waals surface area contributed by atoms with Crippen molar-refractivity contribution in [1.82, 2.24) is 0 Å². The lowest BCUT2D eigenvalue weighted by molar-refractivity contribution is -0.140. The van der Waals surface area contributed by atoms with E-state index in [1.165, 1.54) is 52.1 Å². The third-order valence-electron chi connectivity index (χ3n) is 3.12. The van der Waals surface area contributed by atoms with E-state index in [-0.39, 0.29) is 5.97 Å². The van der Waals surface area contributed by atoms with Crippen LogP contribution in [0.3, 0.4) is 0 Å². The minimum absolute atomic E-state index is 0.0916. The molecular formula is C16H30O2. The second-order valence-corrected chi connectivity index (χ2v) is 4.85. The molecule has 0 aromatic rings. The fourth-order valence-corrected chi connectivity index (χ4v) is 1.91. The minimum Gasteiger partial charge on any atom is -0.469 e. The molecule has 106 valence electrons. The average molecular weight is 254 g/mol. The Labute approximate surface area is 113 Å². The van der Waals surface area contributed by atoms with Gasteiger partial charge in [0.1, 0.15) is 0 Å². The summed E-state index contributed by atoms with van der Waals surface area (Å²) in [5.41, 5.74) is 0. The molecule has 0 bridgehead atoms. The van der Waals surface area contributed by atoms with Gasteiger partial charge in [-0.05, 0) is 32.1 Å². The number of carbonyl (C=O) groups excluding carboxylic acids is 1. The number of hydrogen-bond donors (Lipinski definition) is 0. The Kier molecular flexibility index (Phi) is 13.6. The van der Waals surface area contributed by atoms with E-state index in [4.69, 9.17) is 0 Å². The lowest BCUT2D eigenvalue weighted by Gasteiger charge is -1.98. The first-order chi connectivity index (χ1) is 8.81. The van der Waals surface area contributed by atoms with Gasteiger partial charge in [-0.3, -0.25) is 4.79 Å². The first-order valence-electron chi connectivity index (χ1n) is 7.53. The van der Waals surface area contributed by atoms with Gasteiger partial charge in [-0.15, -0.1) is 0 Å². The maximum atomic E-state index is 10.9. The first kappa shape index (κ1) is 17.2. The predicted octanol–water partition coefficient (Wildman–Crippen LogP) is 5.03. The lowest BCUT2D eigenvalue weighted by Crippen LogP contribution is -1.98. The van der Waals surface area contributed by atoms with E-state index < -0.39 is 0 Å². The van der Waals surface area contributed by atoms with Gasteiger partial charge in [0.25, 0.3) is 0 Å². The van der Waals surface area contributed by atoms with E-state index in [9.17, 15) is 4.79 Å².